The van der Waals surface area contributed by atoms with Crippen LogP contribution in [-0.4, -0.2) is 27.5 Å². The molecule has 2 rings (SSSR count). The summed E-state index contributed by atoms with van der Waals surface area (Å²) >= 11 is 0. The van der Waals surface area contributed by atoms with Gasteiger partial charge in [0, 0.05) is 11.8 Å². The second-order valence-electron chi connectivity index (χ2n) is 4.29. The standard InChI is InChI=1S/C14H15N5O2/c1-10(17-21)12-8-5-9-18(12)19(14(15)16)13(20)11-6-3-2-4-7-11/h2-9,21H,1H3,(H3,15,16)/b17-10-. The summed E-state index contributed by atoms with van der Waals surface area (Å²) in [6.07, 6.45) is 1.56. The first-order chi connectivity index (χ1) is 10.1. The van der Waals surface area contributed by atoms with Crippen molar-refractivity contribution in [3.05, 3.63) is 59.9 Å². The number of carbonyl (C=O) groups is 1. The number of guanidine groups is 1. The molecule has 0 radical (unpaired) electrons. The van der Waals surface area contributed by atoms with Gasteiger partial charge in [-0.1, -0.05) is 23.4 Å². The summed E-state index contributed by atoms with van der Waals surface area (Å²) in [6, 6.07) is 11.8. The zero-order chi connectivity index (χ0) is 15.4. The molecule has 1 aromatic carbocycles. The Labute approximate surface area is 121 Å². The van der Waals surface area contributed by atoms with Gasteiger partial charge < -0.3 is 10.9 Å². The Balaban J connectivity index is 2.49. The van der Waals surface area contributed by atoms with E-state index in [1.54, 1.807) is 55.6 Å². The number of amides is 1. The van der Waals surface area contributed by atoms with Crippen molar-refractivity contribution < 1.29 is 10.0 Å². The molecule has 1 aromatic heterocycles. The lowest BCUT2D eigenvalue weighted by Gasteiger charge is -2.23. The largest absolute Gasteiger partial charge is 0.411 e. The van der Waals surface area contributed by atoms with Crippen molar-refractivity contribution in [1.29, 1.82) is 5.41 Å². The first kappa shape index (κ1) is 14.3. The number of nitrogens with one attached hydrogen (secondary N) is 1. The Morgan fingerprint density at radius 2 is 1.95 bits per heavy atom. The Hall–Kier alpha value is -3.09. The molecule has 0 atom stereocenters. The third-order valence-electron chi connectivity index (χ3n) is 2.91. The van der Waals surface area contributed by atoms with Crippen LogP contribution in [0.3, 0.4) is 0 Å². The smallest absolute Gasteiger partial charge is 0.280 e. The monoisotopic (exact) mass is 285 g/mol. The average Bonchev–Trinajstić information content (AvgIpc) is 2.96. The van der Waals surface area contributed by atoms with Gasteiger partial charge in [-0.25, -0.2) is 4.68 Å². The van der Waals surface area contributed by atoms with Crippen molar-refractivity contribution in [3.8, 4) is 0 Å². The minimum absolute atomic E-state index is 0.298. The molecule has 21 heavy (non-hydrogen) atoms. The topological polar surface area (TPSA) is 108 Å². The SMILES string of the molecule is C/C(=N/O)c1cccn1N(C(=N)N)C(=O)c1ccccc1. The van der Waals surface area contributed by atoms with Crippen molar-refractivity contribution in [2.75, 3.05) is 5.01 Å². The van der Waals surface area contributed by atoms with E-state index < -0.39 is 11.9 Å². The normalized spacial score (nSPS) is 11.2. The highest BCUT2D eigenvalue weighted by molar-refractivity contribution is 6.16. The predicted molar refractivity (Wildman–Crippen MR) is 79.3 cm³/mol. The highest BCUT2D eigenvalue weighted by Crippen LogP contribution is 2.09. The Morgan fingerprint density at radius 1 is 1.29 bits per heavy atom. The van der Waals surface area contributed by atoms with E-state index in [4.69, 9.17) is 16.4 Å². The third kappa shape index (κ3) is 2.76. The van der Waals surface area contributed by atoms with E-state index in [1.165, 1.54) is 4.68 Å². The van der Waals surface area contributed by atoms with E-state index in [-0.39, 0.29) is 0 Å². The quantitative estimate of drug-likeness (QED) is 0.343. The molecule has 108 valence electrons. The van der Waals surface area contributed by atoms with E-state index in [9.17, 15) is 4.79 Å². The van der Waals surface area contributed by atoms with Crippen LogP contribution in [0.15, 0.2) is 53.8 Å². The van der Waals surface area contributed by atoms with Gasteiger partial charge in [-0.2, -0.15) is 5.01 Å². The van der Waals surface area contributed by atoms with Crippen LogP contribution >= 0.6 is 0 Å². The zero-order valence-electron chi connectivity index (χ0n) is 11.4. The highest BCUT2D eigenvalue weighted by atomic mass is 16.4. The Bertz CT molecular complexity index is 690. The summed E-state index contributed by atoms with van der Waals surface area (Å²) in [5.41, 5.74) is 6.69. The van der Waals surface area contributed by atoms with Gasteiger partial charge in [-0.3, -0.25) is 10.2 Å². The second kappa shape index (κ2) is 5.91. The lowest BCUT2D eigenvalue weighted by atomic mass is 10.2. The van der Waals surface area contributed by atoms with E-state index in [0.29, 0.717) is 17.0 Å². The minimum atomic E-state index is -0.453. The molecule has 7 nitrogen and oxygen atoms in total. The van der Waals surface area contributed by atoms with E-state index >= 15 is 0 Å². The number of benzene rings is 1. The summed E-state index contributed by atoms with van der Waals surface area (Å²) in [5.74, 6) is -0.890. The number of nitrogens with zero attached hydrogens (tertiary/aromatic N) is 3. The van der Waals surface area contributed by atoms with Crippen molar-refractivity contribution in [3.63, 3.8) is 0 Å². The van der Waals surface area contributed by atoms with Gasteiger partial charge in [0.2, 0.25) is 5.96 Å². The van der Waals surface area contributed by atoms with E-state index in [2.05, 4.69) is 5.16 Å². The molecule has 2 aromatic rings. The molecule has 0 saturated carbocycles. The number of hydrogen-bond donors (Lipinski definition) is 3. The number of aromatic nitrogens is 1. The van der Waals surface area contributed by atoms with Crippen LogP contribution in [0.5, 0.6) is 0 Å². The van der Waals surface area contributed by atoms with Gasteiger partial charge in [0.15, 0.2) is 0 Å². The van der Waals surface area contributed by atoms with Gasteiger partial charge in [0.1, 0.15) is 5.71 Å². The summed E-state index contributed by atoms with van der Waals surface area (Å²) in [4.78, 5) is 12.5. The molecule has 0 aliphatic carbocycles. The minimum Gasteiger partial charge on any atom is -0.411 e. The van der Waals surface area contributed by atoms with Crippen LogP contribution in [0.4, 0.5) is 0 Å². The molecule has 1 amide bonds. The molecule has 0 unspecified atom stereocenters. The molecular weight excluding hydrogens is 270 g/mol. The second-order valence-corrected chi connectivity index (χ2v) is 4.29. The highest BCUT2D eigenvalue weighted by Gasteiger charge is 2.22. The fourth-order valence-corrected chi connectivity index (χ4v) is 1.91. The van der Waals surface area contributed by atoms with Gasteiger partial charge in [0.05, 0.1) is 5.69 Å². The fraction of sp³-hybridized carbons (Fsp3) is 0.0714. The summed E-state index contributed by atoms with van der Waals surface area (Å²) in [7, 11) is 0. The first-order valence-electron chi connectivity index (χ1n) is 6.16. The summed E-state index contributed by atoms with van der Waals surface area (Å²) < 4.78 is 1.37. The molecule has 7 heteroatoms. The fourth-order valence-electron chi connectivity index (χ4n) is 1.91. The number of rotatable bonds is 3. The molecular formula is C14H15N5O2. The van der Waals surface area contributed by atoms with Gasteiger partial charge >= 0.3 is 0 Å². The van der Waals surface area contributed by atoms with Crippen molar-refractivity contribution >= 4 is 17.6 Å². The van der Waals surface area contributed by atoms with Crippen LogP contribution in [0.25, 0.3) is 0 Å². The maximum absolute atomic E-state index is 12.5. The van der Waals surface area contributed by atoms with Gasteiger partial charge in [-0.05, 0) is 31.2 Å². The third-order valence-corrected chi connectivity index (χ3v) is 2.91. The summed E-state index contributed by atoms with van der Waals surface area (Å²) in [6.45, 7) is 1.58. The number of carbonyl (C=O) groups excluding carboxylic acids is 1. The van der Waals surface area contributed by atoms with Crippen molar-refractivity contribution in [2.45, 2.75) is 6.92 Å². The summed E-state index contributed by atoms with van der Waals surface area (Å²) in [5, 5.41) is 20.7. The van der Waals surface area contributed by atoms with Crippen LogP contribution in [-0.2, 0) is 0 Å². The average molecular weight is 285 g/mol. The van der Waals surface area contributed by atoms with Crippen LogP contribution in [0.1, 0.15) is 23.0 Å². The molecule has 0 spiro atoms. The van der Waals surface area contributed by atoms with Crippen molar-refractivity contribution in [1.82, 2.24) is 4.68 Å². The van der Waals surface area contributed by atoms with Crippen LogP contribution in [0, 0.1) is 5.41 Å². The predicted octanol–water partition coefficient (Wildman–Crippen LogP) is 1.36. The maximum Gasteiger partial charge on any atom is 0.280 e. The van der Waals surface area contributed by atoms with Crippen molar-refractivity contribution in [2.24, 2.45) is 10.9 Å². The first-order valence-corrected chi connectivity index (χ1v) is 6.16. The van der Waals surface area contributed by atoms with Crippen LogP contribution < -0.4 is 10.7 Å². The lowest BCUT2D eigenvalue weighted by molar-refractivity contribution is 0.0980. The zero-order valence-corrected chi connectivity index (χ0v) is 11.4. The molecule has 0 fully saturated rings. The number of hydrogen-bond acceptors (Lipinski definition) is 4. The Kier molecular flexibility index (Phi) is 4.03. The molecule has 1 heterocycles. The van der Waals surface area contributed by atoms with Gasteiger partial charge in [-0.15, -0.1) is 0 Å². The molecule has 0 saturated heterocycles. The maximum atomic E-state index is 12.5. The van der Waals surface area contributed by atoms with E-state index in [1.807, 2.05) is 0 Å². The van der Waals surface area contributed by atoms with Crippen LogP contribution in [0.2, 0.25) is 0 Å². The molecule has 0 aliphatic rings. The lowest BCUT2D eigenvalue weighted by Crippen LogP contribution is -2.49. The molecule has 4 N–H and O–H groups in total. The number of oxime groups is 1. The number of nitrogens with two attached hydrogens (primary N) is 1. The Morgan fingerprint density at radius 3 is 2.52 bits per heavy atom. The van der Waals surface area contributed by atoms with Gasteiger partial charge in [0.25, 0.3) is 5.91 Å². The molecule has 0 bridgehead atoms. The molecule has 0 aliphatic heterocycles. The van der Waals surface area contributed by atoms with E-state index in [0.717, 1.165) is 5.01 Å².